The topological polar surface area (TPSA) is 54.8 Å². The summed E-state index contributed by atoms with van der Waals surface area (Å²) in [6, 6.07) is 21.5. The van der Waals surface area contributed by atoms with E-state index >= 15 is 0 Å². The maximum absolute atomic E-state index is 13.2. The van der Waals surface area contributed by atoms with Crippen LogP contribution in [0, 0.1) is 0 Å². The third kappa shape index (κ3) is 4.78. The van der Waals surface area contributed by atoms with E-state index in [1.807, 2.05) is 79.0 Å². The summed E-state index contributed by atoms with van der Waals surface area (Å²) in [6.45, 7) is 0.485. The Kier molecular flexibility index (Phi) is 6.25. The number of pyridine rings is 1. The van der Waals surface area contributed by atoms with Crippen molar-refractivity contribution in [3.05, 3.63) is 102 Å². The van der Waals surface area contributed by atoms with E-state index in [0.29, 0.717) is 23.2 Å². The largest absolute Gasteiger partial charge is 0.497 e. The average Bonchev–Trinajstić information content (AvgIpc) is 3.08. The zero-order valence-corrected chi connectivity index (χ0v) is 17.4. The lowest BCUT2D eigenvalue weighted by molar-refractivity contribution is -0.122. The number of amidine groups is 1. The van der Waals surface area contributed by atoms with Gasteiger partial charge < -0.3 is 4.74 Å². The molecule has 1 aromatic heterocycles. The van der Waals surface area contributed by atoms with Gasteiger partial charge in [-0.15, -0.1) is 0 Å². The molecule has 1 amide bonds. The van der Waals surface area contributed by atoms with Gasteiger partial charge in [-0.3, -0.25) is 14.7 Å². The fourth-order valence-corrected chi connectivity index (χ4v) is 3.97. The van der Waals surface area contributed by atoms with E-state index < -0.39 is 0 Å². The third-order valence-corrected chi connectivity index (χ3v) is 5.65. The summed E-state index contributed by atoms with van der Waals surface area (Å²) < 4.78 is 5.20. The maximum atomic E-state index is 13.2. The van der Waals surface area contributed by atoms with Crippen molar-refractivity contribution in [2.75, 3.05) is 7.11 Å². The first-order chi connectivity index (χ1) is 14.7. The molecule has 0 spiro atoms. The highest BCUT2D eigenvalue weighted by molar-refractivity contribution is 8.13. The number of rotatable bonds is 6. The Balaban J connectivity index is 1.59. The molecule has 0 saturated heterocycles. The molecule has 1 aliphatic heterocycles. The van der Waals surface area contributed by atoms with Crippen LogP contribution < -0.4 is 4.74 Å². The molecule has 3 aromatic rings. The number of benzene rings is 2. The highest BCUT2D eigenvalue weighted by Crippen LogP contribution is 2.28. The van der Waals surface area contributed by atoms with Crippen molar-refractivity contribution in [2.45, 2.75) is 12.3 Å². The van der Waals surface area contributed by atoms with E-state index in [9.17, 15) is 4.79 Å². The molecule has 2 aromatic carbocycles. The lowest BCUT2D eigenvalue weighted by atomic mass is 10.1. The van der Waals surface area contributed by atoms with Crippen LogP contribution >= 0.6 is 11.8 Å². The van der Waals surface area contributed by atoms with Crippen molar-refractivity contribution < 1.29 is 9.53 Å². The number of amides is 1. The molecule has 0 saturated carbocycles. The molecule has 0 unspecified atom stereocenters. The molecular formula is C24H21N3O2S. The molecule has 1 aliphatic rings. The fourth-order valence-electron chi connectivity index (χ4n) is 3.04. The minimum absolute atomic E-state index is 0.0941. The Morgan fingerprint density at radius 3 is 2.47 bits per heavy atom. The van der Waals surface area contributed by atoms with Crippen LogP contribution in [0.2, 0.25) is 0 Å². The fraction of sp³-hybridized carbons (Fsp3) is 0.125. The lowest BCUT2D eigenvalue weighted by Gasteiger charge is -2.17. The highest BCUT2D eigenvalue weighted by Gasteiger charge is 2.30. The highest BCUT2D eigenvalue weighted by atomic mass is 32.2. The predicted molar refractivity (Wildman–Crippen MR) is 121 cm³/mol. The zero-order chi connectivity index (χ0) is 20.8. The number of aromatic nitrogens is 1. The van der Waals surface area contributed by atoms with Gasteiger partial charge >= 0.3 is 0 Å². The number of thioether (sulfide) groups is 1. The van der Waals surface area contributed by atoms with E-state index in [0.717, 1.165) is 22.4 Å². The third-order valence-electron chi connectivity index (χ3n) is 4.60. The number of nitrogens with zero attached hydrogens (tertiary/aromatic N) is 3. The SMILES string of the molecule is COc1ccc(C=C2N=C(SCc3cccnc3)N(Cc3ccccc3)C2=O)cc1. The van der Waals surface area contributed by atoms with Gasteiger partial charge in [0.15, 0.2) is 5.17 Å². The van der Waals surface area contributed by atoms with Gasteiger partial charge in [0.25, 0.3) is 5.91 Å². The molecule has 2 heterocycles. The van der Waals surface area contributed by atoms with Crippen LogP contribution in [-0.2, 0) is 17.1 Å². The molecule has 4 rings (SSSR count). The Bertz CT molecular complexity index is 1060. The van der Waals surface area contributed by atoms with Gasteiger partial charge in [0.2, 0.25) is 0 Å². The van der Waals surface area contributed by atoms with Crippen LogP contribution in [0.3, 0.4) is 0 Å². The average molecular weight is 416 g/mol. The predicted octanol–water partition coefficient (Wildman–Crippen LogP) is 4.76. The van der Waals surface area contributed by atoms with Crippen molar-refractivity contribution >= 4 is 28.9 Å². The van der Waals surface area contributed by atoms with Crippen LogP contribution in [0.15, 0.2) is 89.8 Å². The molecule has 0 bridgehead atoms. The van der Waals surface area contributed by atoms with Gasteiger partial charge in [-0.2, -0.15) is 0 Å². The van der Waals surface area contributed by atoms with Crippen LogP contribution in [0.4, 0.5) is 0 Å². The summed E-state index contributed by atoms with van der Waals surface area (Å²) in [5.41, 5.74) is 3.49. The number of carbonyl (C=O) groups excluding carboxylic acids is 1. The summed E-state index contributed by atoms with van der Waals surface area (Å²) in [7, 11) is 1.63. The second-order valence-corrected chi connectivity index (χ2v) is 7.67. The Labute approximate surface area is 180 Å². The summed E-state index contributed by atoms with van der Waals surface area (Å²) in [5, 5.41) is 0.701. The number of ether oxygens (including phenoxy) is 1. The molecule has 30 heavy (non-hydrogen) atoms. The van der Waals surface area contributed by atoms with Gasteiger partial charge in [-0.25, -0.2) is 4.99 Å². The van der Waals surface area contributed by atoms with Crippen molar-refractivity contribution in [3.63, 3.8) is 0 Å². The van der Waals surface area contributed by atoms with Crippen LogP contribution in [0.25, 0.3) is 6.08 Å². The van der Waals surface area contributed by atoms with Gasteiger partial charge in [-0.05, 0) is 41.0 Å². The minimum atomic E-state index is -0.0941. The van der Waals surface area contributed by atoms with Gasteiger partial charge in [0, 0.05) is 18.1 Å². The number of methoxy groups -OCH3 is 1. The van der Waals surface area contributed by atoms with E-state index in [1.165, 1.54) is 0 Å². The Morgan fingerprint density at radius 2 is 1.77 bits per heavy atom. The van der Waals surface area contributed by atoms with Gasteiger partial charge in [0.1, 0.15) is 11.4 Å². The molecule has 0 aliphatic carbocycles. The van der Waals surface area contributed by atoms with E-state index in [-0.39, 0.29) is 5.91 Å². The first-order valence-corrected chi connectivity index (χ1v) is 10.5. The molecule has 0 N–H and O–H groups in total. The van der Waals surface area contributed by atoms with Crippen LogP contribution in [0.5, 0.6) is 5.75 Å². The van der Waals surface area contributed by atoms with Crippen molar-refractivity contribution in [2.24, 2.45) is 4.99 Å². The summed E-state index contributed by atoms with van der Waals surface area (Å²) in [5.74, 6) is 1.38. The molecular weight excluding hydrogens is 394 g/mol. The standard InChI is InChI=1S/C24H21N3O2S/c1-29-21-11-9-18(10-12-21)14-22-23(28)27(16-19-6-3-2-4-7-19)24(26-22)30-17-20-8-5-13-25-15-20/h2-15H,16-17H2,1H3. The van der Waals surface area contributed by atoms with E-state index in [4.69, 9.17) is 4.74 Å². The van der Waals surface area contributed by atoms with Crippen molar-refractivity contribution in [3.8, 4) is 5.75 Å². The second-order valence-electron chi connectivity index (χ2n) is 6.72. The Hall–Kier alpha value is -3.38. The second kappa shape index (κ2) is 9.41. The van der Waals surface area contributed by atoms with Gasteiger partial charge in [0.05, 0.1) is 13.7 Å². The molecule has 5 nitrogen and oxygen atoms in total. The number of aliphatic imine (C=N–C) groups is 1. The molecule has 0 radical (unpaired) electrons. The molecule has 0 atom stereocenters. The molecule has 0 fully saturated rings. The van der Waals surface area contributed by atoms with E-state index in [2.05, 4.69) is 9.98 Å². The first-order valence-electron chi connectivity index (χ1n) is 9.55. The maximum Gasteiger partial charge on any atom is 0.278 e. The summed E-state index contributed by atoms with van der Waals surface area (Å²) in [6.07, 6.45) is 5.40. The normalized spacial score (nSPS) is 14.8. The Morgan fingerprint density at radius 1 is 1.00 bits per heavy atom. The monoisotopic (exact) mass is 415 g/mol. The zero-order valence-electron chi connectivity index (χ0n) is 16.6. The van der Waals surface area contributed by atoms with Crippen LogP contribution in [-0.4, -0.2) is 28.1 Å². The van der Waals surface area contributed by atoms with E-state index in [1.54, 1.807) is 30.0 Å². The number of carbonyl (C=O) groups is 1. The summed E-state index contributed by atoms with van der Waals surface area (Å²) in [4.78, 5) is 23.7. The summed E-state index contributed by atoms with van der Waals surface area (Å²) >= 11 is 1.54. The van der Waals surface area contributed by atoms with Gasteiger partial charge in [-0.1, -0.05) is 60.3 Å². The lowest BCUT2D eigenvalue weighted by Crippen LogP contribution is -2.30. The van der Waals surface area contributed by atoms with Crippen molar-refractivity contribution in [1.29, 1.82) is 0 Å². The smallest absolute Gasteiger partial charge is 0.278 e. The number of hydrogen-bond donors (Lipinski definition) is 0. The minimum Gasteiger partial charge on any atom is -0.497 e. The molecule has 150 valence electrons. The quantitative estimate of drug-likeness (QED) is 0.545. The number of hydrogen-bond acceptors (Lipinski definition) is 5. The van der Waals surface area contributed by atoms with Crippen molar-refractivity contribution in [1.82, 2.24) is 9.88 Å². The first kappa shape index (κ1) is 19.9. The molecule has 6 heteroatoms. The van der Waals surface area contributed by atoms with Crippen LogP contribution in [0.1, 0.15) is 16.7 Å².